The first-order valence-electron chi connectivity index (χ1n) is 5.36. The van der Waals surface area contributed by atoms with Crippen molar-refractivity contribution in [1.82, 2.24) is 8.61 Å². The smallest absolute Gasteiger partial charge is 0.303 e. The number of carbonyl (C=O) groups is 1. The average molecular weight is 248 g/mol. The molecule has 1 N–H and O–H groups in total. The van der Waals surface area contributed by atoms with Gasteiger partial charge in [0.1, 0.15) is 0 Å². The molecule has 0 aromatic rings. The van der Waals surface area contributed by atoms with Gasteiger partial charge in [0.05, 0.1) is 6.42 Å². The van der Waals surface area contributed by atoms with Crippen molar-refractivity contribution in [2.45, 2.75) is 25.3 Å². The maximum atomic E-state index is 11.9. The Morgan fingerprint density at radius 2 is 2.00 bits per heavy atom. The monoisotopic (exact) mass is 248 g/mol. The maximum absolute atomic E-state index is 11.9. The molecule has 7 heteroatoms. The number of rotatable bonds is 3. The highest BCUT2D eigenvalue weighted by atomic mass is 32.2. The lowest BCUT2D eigenvalue weighted by molar-refractivity contribution is -0.138. The molecule has 1 aliphatic heterocycles. The minimum Gasteiger partial charge on any atom is -0.481 e. The van der Waals surface area contributed by atoms with E-state index in [1.54, 1.807) is 0 Å². The Kier molecular flexibility index (Phi) is 2.93. The molecule has 0 radical (unpaired) electrons. The van der Waals surface area contributed by atoms with E-state index in [9.17, 15) is 13.2 Å². The predicted molar refractivity (Wildman–Crippen MR) is 57.0 cm³/mol. The second-order valence-electron chi connectivity index (χ2n) is 4.55. The van der Waals surface area contributed by atoms with Gasteiger partial charge in [-0.1, -0.05) is 0 Å². The van der Waals surface area contributed by atoms with Crippen molar-refractivity contribution >= 4 is 16.2 Å². The van der Waals surface area contributed by atoms with Crippen molar-refractivity contribution in [3.05, 3.63) is 0 Å². The molecule has 1 aliphatic carbocycles. The number of carboxylic acids is 1. The van der Waals surface area contributed by atoms with Crippen molar-refractivity contribution in [3.63, 3.8) is 0 Å². The number of aliphatic carboxylic acids is 1. The fraction of sp³-hybridized carbons (Fsp3) is 0.889. The summed E-state index contributed by atoms with van der Waals surface area (Å²) in [5, 5.41) is 8.74. The molecule has 1 heterocycles. The van der Waals surface area contributed by atoms with E-state index in [0.717, 1.165) is 12.8 Å². The number of carboxylic acid groups (broad SMARTS) is 1. The summed E-state index contributed by atoms with van der Waals surface area (Å²) in [6.45, 7) is 0.654. The summed E-state index contributed by atoms with van der Waals surface area (Å²) in [4.78, 5) is 10.6. The molecule has 2 aliphatic rings. The summed E-state index contributed by atoms with van der Waals surface area (Å²) in [5.74, 6) is -0.972. The molecule has 0 spiro atoms. The van der Waals surface area contributed by atoms with Gasteiger partial charge in [0.2, 0.25) is 0 Å². The van der Waals surface area contributed by atoms with Gasteiger partial charge in [0.25, 0.3) is 10.2 Å². The number of hydrogen-bond acceptors (Lipinski definition) is 3. The van der Waals surface area contributed by atoms with Gasteiger partial charge in [-0.15, -0.1) is 0 Å². The highest BCUT2D eigenvalue weighted by Gasteiger charge is 2.44. The minimum atomic E-state index is -3.33. The molecule has 1 atom stereocenters. The van der Waals surface area contributed by atoms with Crippen LogP contribution in [0.1, 0.15) is 19.3 Å². The van der Waals surface area contributed by atoms with E-state index in [4.69, 9.17) is 5.11 Å². The molecule has 16 heavy (non-hydrogen) atoms. The Balaban J connectivity index is 2.12. The van der Waals surface area contributed by atoms with Gasteiger partial charge < -0.3 is 5.11 Å². The first kappa shape index (κ1) is 11.8. The van der Waals surface area contributed by atoms with Crippen molar-refractivity contribution in [3.8, 4) is 0 Å². The highest BCUT2D eigenvalue weighted by molar-refractivity contribution is 7.86. The molecule has 92 valence electrons. The maximum Gasteiger partial charge on any atom is 0.303 e. The van der Waals surface area contributed by atoms with E-state index in [2.05, 4.69) is 0 Å². The molecule has 1 saturated carbocycles. The Hall–Kier alpha value is -0.660. The first-order valence-corrected chi connectivity index (χ1v) is 6.76. The second kappa shape index (κ2) is 3.97. The summed E-state index contributed by atoms with van der Waals surface area (Å²) >= 11 is 0. The van der Waals surface area contributed by atoms with Crippen LogP contribution < -0.4 is 0 Å². The second-order valence-corrected chi connectivity index (χ2v) is 6.54. The summed E-state index contributed by atoms with van der Waals surface area (Å²) in [6, 6.07) is 0.101. The van der Waals surface area contributed by atoms with Crippen molar-refractivity contribution in [2.75, 3.05) is 20.1 Å². The van der Waals surface area contributed by atoms with Crippen LogP contribution in [0, 0.1) is 5.92 Å². The van der Waals surface area contributed by atoms with Crippen molar-refractivity contribution in [1.29, 1.82) is 0 Å². The molecular formula is C9H16N2O4S. The molecule has 0 bridgehead atoms. The van der Waals surface area contributed by atoms with Gasteiger partial charge in [0.15, 0.2) is 0 Å². The molecule has 2 rings (SSSR count). The van der Waals surface area contributed by atoms with Gasteiger partial charge >= 0.3 is 5.97 Å². The zero-order valence-corrected chi connectivity index (χ0v) is 9.98. The Labute approximate surface area is 95.0 Å². The van der Waals surface area contributed by atoms with Gasteiger partial charge in [-0.05, 0) is 18.8 Å². The van der Waals surface area contributed by atoms with Crippen molar-refractivity contribution in [2.24, 2.45) is 5.92 Å². The van der Waals surface area contributed by atoms with E-state index in [-0.39, 0.29) is 18.4 Å². The zero-order chi connectivity index (χ0) is 11.9. The predicted octanol–water partition coefficient (Wildman–Crippen LogP) is -0.268. The van der Waals surface area contributed by atoms with E-state index in [0.29, 0.717) is 13.1 Å². The van der Waals surface area contributed by atoms with Gasteiger partial charge in [0, 0.05) is 26.2 Å². The third-order valence-corrected chi connectivity index (χ3v) is 5.04. The molecule has 2 fully saturated rings. The third kappa shape index (κ3) is 2.21. The molecule has 0 aromatic carbocycles. The number of hydrogen-bond donors (Lipinski definition) is 1. The van der Waals surface area contributed by atoms with Crippen LogP contribution in [0.15, 0.2) is 0 Å². The molecule has 1 saturated heterocycles. The summed E-state index contributed by atoms with van der Waals surface area (Å²) in [5.41, 5.74) is 0. The minimum absolute atomic E-state index is 0.0308. The summed E-state index contributed by atoms with van der Waals surface area (Å²) < 4.78 is 26.6. The lowest BCUT2D eigenvalue weighted by Gasteiger charge is -2.37. The standard InChI is InChI=1S/C9H16N2O4S/c1-10-5-7(4-9(12)13)6-11(8-2-3-8)16(10,14)15/h7-8H,2-6H2,1H3,(H,12,13). The van der Waals surface area contributed by atoms with E-state index in [1.807, 2.05) is 0 Å². The topological polar surface area (TPSA) is 77.9 Å². The summed E-state index contributed by atoms with van der Waals surface area (Å²) in [7, 11) is -1.82. The quantitative estimate of drug-likeness (QED) is 0.746. The van der Waals surface area contributed by atoms with Crippen LogP contribution in [-0.2, 0) is 15.0 Å². The van der Waals surface area contributed by atoms with Crippen LogP contribution >= 0.6 is 0 Å². The average Bonchev–Trinajstić information content (AvgIpc) is 2.93. The van der Waals surface area contributed by atoms with Crippen LogP contribution in [-0.4, -0.2) is 54.3 Å². The molecule has 6 nitrogen and oxygen atoms in total. The third-order valence-electron chi connectivity index (χ3n) is 3.06. The number of nitrogens with zero attached hydrogens (tertiary/aromatic N) is 2. The van der Waals surface area contributed by atoms with Crippen LogP contribution in [0.5, 0.6) is 0 Å². The normalized spacial score (nSPS) is 31.4. The fourth-order valence-corrected chi connectivity index (χ4v) is 3.86. The SMILES string of the molecule is CN1CC(CC(=O)O)CN(C2CC2)S1(=O)=O. The van der Waals surface area contributed by atoms with Crippen LogP contribution in [0.2, 0.25) is 0 Å². The van der Waals surface area contributed by atoms with E-state index >= 15 is 0 Å². The summed E-state index contributed by atoms with van der Waals surface area (Å²) in [6.07, 6.45) is 1.82. The van der Waals surface area contributed by atoms with Gasteiger partial charge in [-0.3, -0.25) is 4.79 Å². The molecule has 1 unspecified atom stereocenters. The molecule has 0 amide bonds. The van der Waals surface area contributed by atoms with Crippen LogP contribution in [0.4, 0.5) is 0 Å². The highest BCUT2D eigenvalue weighted by Crippen LogP contribution is 2.34. The van der Waals surface area contributed by atoms with Crippen molar-refractivity contribution < 1.29 is 18.3 Å². The fourth-order valence-electron chi connectivity index (χ4n) is 2.12. The van der Waals surface area contributed by atoms with E-state index < -0.39 is 16.2 Å². The van der Waals surface area contributed by atoms with Crippen LogP contribution in [0.3, 0.4) is 0 Å². The lowest BCUT2D eigenvalue weighted by Crippen LogP contribution is -2.53. The Bertz CT molecular complexity index is 390. The Morgan fingerprint density at radius 1 is 1.38 bits per heavy atom. The zero-order valence-electron chi connectivity index (χ0n) is 9.16. The lowest BCUT2D eigenvalue weighted by atomic mass is 10.1. The molecular weight excluding hydrogens is 232 g/mol. The van der Waals surface area contributed by atoms with Crippen LogP contribution in [0.25, 0.3) is 0 Å². The largest absolute Gasteiger partial charge is 0.481 e. The van der Waals surface area contributed by atoms with Gasteiger partial charge in [-0.25, -0.2) is 0 Å². The van der Waals surface area contributed by atoms with Gasteiger partial charge in [-0.2, -0.15) is 17.0 Å². The first-order chi connectivity index (χ1) is 7.41. The van der Waals surface area contributed by atoms with E-state index in [1.165, 1.54) is 15.7 Å². The Morgan fingerprint density at radius 3 is 2.50 bits per heavy atom. The molecule has 0 aromatic heterocycles.